The molecule has 1 aliphatic rings. The minimum absolute atomic E-state index is 0.140. The van der Waals surface area contributed by atoms with Gasteiger partial charge >= 0.3 is 0 Å². The summed E-state index contributed by atoms with van der Waals surface area (Å²) in [5, 5.41) is 10.5. The minimum Gasteiger partial charge on any atom is -0.345 e. The van der Waals surface area contributed by atoms with Crippen LogP contribution in [0.25, 0.3) is 11.1 Å². The fourth-order valence-corrected chi connectivity index (χ4v) is 3.33. The molecule has 0 aromatic carbocycles. The molecule has 7 heteroatoms. The second-order valence-corrected chi connectivity index (χ2v) is 6.83. The summed E-state index contributed by atoms with van der Waals surface area (Å²) in [5.74, 6) is 0.302. The largest absolute Gasteiger partial charge is 0.345 e. The Hall–Kier alpha value is -2.28. The molecule has 4 rings (SSSR count). The van der Waals surface area contributed by atoms with Crippen LogP contribution in [0.2, 0.25) is 0 Å². The zero-order valence-electron chi connectivity index (χ0n) is 12.9. The maximum Gasteiger partial charge on any atom is 0.259 e. The van der Waals surface area contributed by atoms with E-state index in [1.165, 1.54) is 0 Å². The van der Waals surface area contributed by atoms with Gasteiger partial charge in [0.2, 0.25) is 0 Å². The maximum absolute atomic E-state index is 12.7. The second-order valence-electron chi connectivity index (χ2n) is 5.88. The normalized spacial score (nSPS) is 14.3. The van der Waals surface area contributed by atoms with Crippen molar-refractivity contribution in [2.75, 3.05) is 0 Å². The predicted octanol–water partition coefficient (Wildman–Crippen LogP) is 3.10. The summed E-state index contributed by atoms with van der Waals surface area (Å²) in [7, 11) is 0. The first-order valence-electron chi connectivity index (χ1n) is 7.58. The lowest BCUT2D eigenvalue weighted by molar-refractivity contribution is 0.0952. The highest BCUT2D eigenvalue weighted by molar-refractivity contribution is 7.09. The predicted molar refractivity (Wildman–Crippen MR) is 86.5 cm³/mol. The Morgan fingerprint density at radius 3 is 2.91 bits per heavy atom. The van der Waals surface area contributed by atoms with Crippen LogP contribution in [0.15, 0.2) is 16.0 Å². The average Bonchev–Trinajstić information content (AvgIpc) is 3.22. The molecule has 118 valence electrons. The van der Waals surface area contributed by atoms with Crippen LogP contribution in [0.4, 0.5) is 0 Å². The van der Waals surface area contributed by atoms with E-state index < -0.39 is 0 Å². The molecule has 6 nitrogen and oxygen atoms in total. The Morgan fingerprint density at radius 2 is 2.22 bits per heavy atom. The van der Waals surface area contributed by atoms with Gasteiger partial charge in [0, 0.05) is 22.7 Å². The number of aromatic nitrogens is 3. The van der Waals surface area contributed by atoms with E-state index in [1.54, 1.807) is 11.3 Å². The molecule has 0 aliphatic heterocycles. The Kier molecular flexibility index (Phi) is 3.37. The highest BCUT2D eigenvalue weighted by Crippen LogP contribution is 2.40. The topological polar surface area (TPSA) is 80.9 Å². The van der Waals surface area contributed by atoms with E-state index in [0.29, 0.717) is 34.8 Å². The molecule has 1 amide bonds. The summed E-state index contributed by atoms with van der Waals surface area (Å²) in [4.78, 5) is 21.5. The van der Waals surface area contributed by atoms with Crippen molar-refractivity contribution in [2.24, 2.45) is 0 Å². The molecule has 1 aliphatic carbocycles. The summed E-state index contributed by atoms with van der Waals surface area (Å²) in [5.41, 5.74) is 3.61. The third kappa shape index (κ3) is 2.72. The molecule has 0 bridgehead atoms. The van der Waals surface area contributed by atoms with Crippen molar-refractivity contribution in [3.63, 3.8) is 0 Å². The van der Waals surface area contributed by atoms with E-state index in [9.17, 15) is 4.79 Å². The Bertz CT molecular complexity index is 895. The lowest BCUT2D eigenvalue weighted by atomic mass is 10.1. The Morgan fingerprint density at radius 1 is 1.39 bits per heavy atom. The summed E-state index contributed by atoms with van der Waals surface area (Å²) in [6.45, 7) is 4.19. The highest BCUT2D eigenvalue weighted by atomic mass is 32.1. The maximum atomic E-state index is 12.7. The van der Waals surface area contributed by atoms with Crippen LogP contribution in [-0.2, 0) is 6.54 Å². The molecular weight excluding hydrogens is 312 g/mol. The monoisotopic (exact) mass is 328 g/mol. The number of fused-ring (bicyclic) bond motifs is 1. The van der Waals surface area contributed by atoms with Gasteiger partial charge < -0.3 is 9.84 Å². The van der Waals surface area contributed by atoms with Crippen molar-refractivity contribution in [1.82, 2.24) is 20.4 Å². The smallest absolute Gasteiger partial charge is 0.259 e. The number of carbonyl (C=O) groups excluding carboxylic acids is 1. The van der Waals surface area contributed by atoms with Gasteiger partial charge in [0.15, 0.2) is 0 Å². The van der Waals surface area contributed by atoms with Crippen LogP contribution in [0.5, 0.6) is 0 Å². The number of hydrogen-bond acceptors (Lipinski definition) is 6. The molecule has 1 N–H and O–H groups in total. The molecule has 1 fully saturated rings. The molecular formula is C16H16N4O2S. The van der Waals surface area contributed by atoms with Crippen molar-refractivity contribution >= 4 is 28.3 Å². The van der Waals surface area contributed by atoms with Crippen LogP contribution in [0.3, 0.4) is 0 Å². The van der Waals surface area contributed by atoms with Crippen molar-refractivity contribution in [3.8, 4) is 0 Å². The number of thiazole rings is 1. The Labute approximate surface area is 136 Å². The average molecular weight is 328 g/mol. The molecule has 0 atom stereocenters. The van der Waals surface area contributed by atoms with Gasteiger partial charge in [-0.2, -0.15) is 0 Å². The third-order valence-electron chi connectivity index (χ3n) is 3.94. The first kappa shape index (κ1) is 14.3. The van der Waals surface area contributed by atoms with Gasteiger partial charge in [-0.25, -0.2) is 9.97 Å². The molecule has 3 heterocycles. The molecule has 0 spiro atoms. The molecule has 3 aromatic rings. The van der Waals surface area contributed by atoms with E-state index in [0.717, 1.165) is 29.2 Å². The second kappa shape index (κ2) is 5.42. The van der Waals surface area contributed by atoms with E-state index in [-0.39, 0.29) is 5.91 Å². The zero-order valence-corrected chi connectivity index (χ0v) is 13.7. The number of nitrogens with one attached hydrogen (secondary N) is 1. The summed E-state index contributed by atoms with van der Waals surface area (Å²) in [6.07, 6.45) is 2.23. The zero-order chi connectivity index (χ0) is 16.0. The van der Waals surface area contributed by atoms with Crippen molar-refractivity contribution in [2.45, 2.75) is 39.2 Å². The number of nitrogens with zero attached hydrogens (tertiary/aromatic N) is 3. The van der Waals surface area contributed by atoms with Crippen LogP contribution >= 0.6 is 11.3 Å². The van der Waals surface area contributed by atoms with Crippen molar-refractivity contribution < 1.29 is 9.32 Å². The number of hydrogen-bond donors (Lipinski definition) is 1. The first-order chi connectivity index (χ1) is 11.1. The van der Waals surface area contributed by atoms with Gasteiger partial charge in [-0.05, 0) is 32.8 Å². The van der Waals surface area contributed by atoms with Gasteiger partial charge in [0.05, 0.1) is 23.2 Å². The number of aryl methyl sites for hydroxylation is 2. The van der Waals surface area contributed by atoms with Crippen molar-refractivity contribution in [1.29, 1.82) is 0 Å². The molecule has 1 saturated carbocycles. The van der Waals surface area contributed by atoms with Crippen LogP contribution < -0.4 is 5.32 Å². The lowest BCUT2D eigenvalue weighted by Crippen LogP contribution is -2.23. The standard InChI is InChI=1S/C16H16N4O2S/c1-8-7-23-13(18-8)6-17-15(21)11-5-12(10-3-4-10)19-16-14(11)9(2)20-22-16/h5,7,10H,3-4,6H2,1-2H3,(H,17,21). The fourth-order valence-electron chi connectivity index (χ4n) is 2.62. The third-order valence-corrected chi connectivity index (χ3v) is 4.91. The number of pyridine rings is 1. The molecule has 0 radical (unpaired) electrons. The number of amides is 1. The number of rotatable bonds is 4. The van der Waals surface area contributed by atoms with E-state index >= 15 is 0 Å². The Balaban J connectivity index is 1.65. The molecule has 0 unspecified atom stereocenters. The van der Waals surface area contributed by atoms with Crippen LogP contribution in [0, 0.1) is 13.8 Å². The minimum atomic E-state index is -0.140. The molecule has 3 aromatic heterocycles. The van der Waals surface area contributed by atoms with Crippen LogP contribution in [0.1, 0.15) is 51.2 Å². The number of carbonyl (C=O) groups is 1. The van der Waals surface area contributed by atoms with Crippen LogP contribution in [-0.4, -0.2) is 21.0 Å². The first-order valence-corrected chi connectivity index (χ1v) is 8.46. The van der Waals surface area contributed by atoms with E-state index in [1.807, 2.05) is 25.3 Å². The van der Waals surface area contributed by atoms with Gasteiger partial charge in [0.1, 0.15) is 5.01 Å². The van der Waals surface area contributed by atoms with E-state index in [4.69, 9.17) is 4.52 Å². The summed E-state index contributed by atoms with van der Waals surface area (Å²) < 4.78 is 5.27. The van der Waals surface area contributed by atoms with E-state index in [2.05, 4.69) is 20.4 Å². The van der Waals surface area contributed by atoms with Gasteiger partial charge in [-0.1, -0.05) is 5.16 Å². The molecule has 0 saturated heterocycles. The lowest BCUT2D eigenvalue weighted by Gasteiger charge is -2.06. The highest BCUT2D eigenvalue weighted by Gasteiger charge is 2.28. The van der Waals surface area contributed by atoms with Gasteiger partial charge in [0.25, 0.3) is 11.6 Å². The summed E-state index contributed by atoms with van der Waals surface area (Å²) >= 11 is 1.54. The SMILES string of the molecule is Cc1csc(CNC(=O)c2cc(C3CC3)nc3onc(C)c23)n1. The summed E-state index contributed by atoms with van der Waals surface area (Å²) in [6, 6.07) is 1.88. The fraction of sp³-hybridized carbons (Fsp3) is 0.375. The van der Waals surface area contributed by atoms with Gasteiger partial charge in [-0.15, -0.1) is 11.3 Å². The van der Waals surface area contributed by atoms with Crippen molar-refractivity contribution in [3.05, 3.63) is 39.1 Å². The van der Waals surface area contributed by atoms with Gasteiger partial charge in [-0.3, -0.25) is 4.79 Å². The quantitative estimate of drug-likeness (QED) is 0.796. The molecule has 23 heavy (non-hydrogen) atoms.